The van der Waals surface area contributed by atoms with E-state index in [0.29, 0.717) is 12.3 Å². The highest BCUT2D eigenvalue weighted by Gasteiger charge is 2.21. The van der Waals surface area contributed by atoms with Gasteiger partial charge in [0.2, 0.25) is 0 Å². The van der Waals surface area contributed by atoms with Crippen LogP contribution in [0.25, 0.3) is 0 Å². The topological polar surface area (TPSA) is 95.9 Å². The minimum Gasteiger partial charge on any atom is -0.362 e. The zero-order valence-electron chi connectivity index (χ0n) is 15.9. The van der Waals surface area contributed by atoms with Crippen molar-refractivity contribution in [2.24, 2.45) is 4.40 Å². The molecule has 0 atom stereocenters. The monoisotopic (exact) mass is 455 g/mol. The summed E-state index contributed by atoms with van der Waals surface area (Å²) in [6.45, 7) is 0.756. The number of likely N-dealkylation sites (tertiary alicyclic amines) is 1. The highest BCUT2D eigenvalue weighted by Crippen LogP contribution is 2.25. The SMILES string of the molecule is CN1CCCCC/C1=N\S(=O)(=O)c1cccc(NS(=O)(=O)c2ccccc2Cl)c1. The molecule has 1 fully saturated rings. The molecule has 0 amide bonds. The van der Waals surface area contributed by atoms with Gasteiger partial charge in [0.1, 0.15) is 10.7 Å². The number of sulfonamides is 2. The number of nitrogens with zero attached hydrogens (tertiary/aromatic N) is 2. The second-order valence-electron chi connectivity index (χ2n) is 6.78. The Morgan fingerprint density at radius 1 is 1.00 bits per heavy atom. The lowest BCUT2D eigenvalue weighted by Gasteiger charge is -2.17. The van der Waals surface area contributed by atoms with Crippen molar-refractivity contribution >= 4 is 43.2 Å². The van der Waals surface area contributed by atoms with E-state index in [4.69, 9.17) is 11.6 Å². The molecule has 1 heterocycles. The first-order valence-corrected chi connectivity index (χ1v) is 12.4. The highest BCUT2D eigenvalue weighted by atomic mass is 35.5. The van der Waals surface area contributed by atoms with Gasteiger partial charge in [-0.25, -0.2) is 8.42 Å². The Bertz CT molecular complexity index is 1130. The van der Waals surface area contributed by atoms with Gasteiger partial charge in [-0.3, -0.25) is 4.72 Å². The number of hydrogen-bond donors (Lipinski definition) is 1. The van der Waals surface area contributed by atoms with E-state index < -0.39 is 20.0 Å². The van der Waals surface area contributed by atoms with Crippen molar-refractivity contribution in [2.75, 3.05) is 18.3 Å². The van der Waals surface area contributed by atoms with E-state index in [1.165, 1.54) is 36.4 Å². The molecule has 0 spiro atoms. The molecule has 29 heavy (non-hydrogen) atoms. The Hall–Kier alpha value is -2.10. The number of hydrogen-bond acceptors (Lipinski definition) is 4. The standard InChI is InChI=1S/C19H22ClN3O4S2/c1-23-13-6-2-3-12-19(23)22-28(24,25)16-9-7-8-15(14-16)21-29(26,27)18-11-5-4-10-17(18)20/h4-5,7-11,14,21H,2-3,6,12-13H2,1H3/b22-19+. The van der Waals surface area contributed by atoms with Crippen molar-refractivity contribution in [1.82, 2.24) is 4.90 Å². The van der Waals surface area contributed by atoms with Crippen LogP contribution in [0.15, 0.2) is 62.7 Å². The number of amidine groups is 1. The van der Waals surface area contributed by atoms with Gasteiger partial charge in [-0.1, -0.05) is 36.2 Å². The Morgan fingerprint density at radius 3 is 2.52 bits per heavy atom. The quantitative estimate of drug-likeness (QED) is 0.740. The lowest BCUT2D eigenvalue weighted by molar-refractivity contribution is 0.494. The second-order valence-corrected chi connectivity index (χ2v) is 10.4. The Morgan fingerprint density at radius 2 is 1.76 bits per heavy atom. The molecule has 0 bridgehead atoms. The first-order valence-electron chi connectivity index (χ1n) is 9.11. The summed E-state index contributed by atoms with van der Waals surface area (Å²) >= 11 is 5.98. The maximum atomic E-state index is 12.8. The average molecular weight is 456 g/mol. The van der Waals surface area contributed by atoms with Crippen molar-refractivity contribution < 1.29 is 16.8 Å². The van der Waals surface area contributed by atoms with Crippen LogP contribution in [0.2, 0.25) is 5.02 Å². The molecule has 7 nitrogen and oxygen atoms in total. The third-order valence-electron chi connectivity index (χ3n) is 4.57. The predicted octanol–water partition coefficient (Wildman–Crippen LogP) is 3.73. The lowest BCUT2D eigenvalue weighted by atomic mass is 10.2. The van der Waals surface area contributed by atoms with E-state index in [9.17, 15) is 16.8 Å². The van der Waals surface area contributed by atoms with Crippen LogP contribution in [0.1, 0.15) is 25.7 Å². The van der Waals surface area contributed by atoms with Crippen LogP contribution >= 0.6 is 11.6 Å². The molecule has 1 saturated heterocycles. The first-order chi connectivity index (χ1) is 13.7. The van der Waals surface area contributed by atoms with Crippen molar-refractivity contribution in [3.63, 3.8) is 0 Å². The van der Waals surface area contributed by atoms with Crippen molar-refractivity contribution in [3.05, 3.63) is 53.6 Å². The summed E-state index contributed by atoms with van der Waals surface area (Å²) < 4.78 is 57.2. The van der Waals surface area contributed by atoms with Crippen LogP contribution in [0.5, 0.6) is 0 Å². The fourth-order valence-corrected chi connectivity index (χ4v) is 5.74. The number of nitrogens with one attached hydrogen (secondary N) is 1. The molecule has 1 aliphatic rings. The summed E-state index contributed by atoms with van der Waals surface area (Å²) in [5, 5.41) is 0.0755. The molecule has 0 saturated carbocycles. The Labute approximate surface area is 176 Å². The molecule has 0 aromatic heterocycles. The largest absolute Gasteiger partial charge is 0.362 e. The normalized spacial score (nSPS) is 17.2. The number of halogens is 1. The predicted molar refractivity (Wildman–Crippen MR) is 114 cm³/mol. The van der Waals surface area contributed by atoms with Crippen molar-refractivity contribution in [2.45, 2.75) is 35.5 Å². The average Bonchev–Trinajstić information content (AvgIpc) is 2.86. The molecule has 2 aromatic rings. The van der Waals surface area contributed by atoms with E-state index in [-0.39, 0.29) is 20.5 Å². The van der Waals surface area contributed by atoms with Crippen LogP contribution < -0.4 is 4.72 Å². The summed E-state index contributed by atoms with van der Waals surface area (Å²) in [5.41, 5.74) is 0.111. The van der Waals surface area contributed by atoms with E-state index in [0.717, 1.165) is 25.8 Å². The molecular weight excluding hydrogens is 434 g/mol. The minimum absolute atomic E-state index is 0.0755. The highest BCUT2D eigenvalue weighted by molar-refractivity contribution is 7.93. The maximum Gasteiger partial charge on any atom is 0.284 e. The molecule has 1 N–H and O–H groups in total. The van der Waals surface area contributed by atoms with Gasteiger partial charge in [0.15, 0.2) is 0 Å². The summed E-state index contributed by atoms with van der Waals surface area (Å²) in [5.74, 6) is 0.518. The van der Waals surface area contributed by atoms with E-state index in [1.807, 2.05) is 11.9 Å². The van der Waals surface area contributed by atoms with Gasteiger partial charge >= 0.3 is 0 Å². The zero-order chi connectivity index (χ0) is 21.1. The molecule has 1 aliphatic heterocycles. The third kappa shape index (κ3) is 5.29. The van der Waals surface area contributed by atoms with E-state index in [1.54, 1.807) is 12.1 Å². The first kappa shape index (κ1) is 21.6. The second kappa shape index (κ2) is 8.73. The molecular formula is C19H22ClN3O4S2. The summed E-state index contributed by atoms with van der Waals surface area (Å²) in [7, 11) is -6.12. The van der Waals surface area contributed by atoms with Gasteiger partial charge in [-0.05, 0) is 43.2 Å². The third-order valence-corrected chi connectivity index (χ3v) is 7.75. The molecule has 0 unspecified atom stereocenters. The molecule has 3 rings (SSSR count). The van der Waals surface area contributed by atoms with Gasteiger partial charge in [0.05, 0.1) is 15.6 Å². The van der Waals surface area contributed by atoms with Crippen molar-refractivity contribution in [3.8, 4) is 0 Å². The van der Waals surface area contributed by atoms with E-state index in [2.05, 4.69) is 9.12 Å². The van der Waals surface area contributed by atoms with Gasteiger partial charge in [0.25, 0.3) is 20.0 Å². The summed E-state index contributed by atoms with van der Waals surface area (Å²) in [6.07, 6.45) is 3.50. The Kier molecular flexibility index (Phi) is 6.50. The molecule has 2 aromatic carbocycles. The fraction of sp³-hybridized carbons (Fsp3) is 0.316. The number of anilines is 1. The number of benzene rings is 2. The number of rotatable bonds is 5. The summed E-state index contributed by atoms with van der Waals surface area (Å²) in [6, 6.07) is 11.6. The van der Waals surface area contributed by atoms with Crippen LogP contribution in [0.4, 0.5) is 5.69 Å². The van der Waals surface area contributed by atoms with Crippen LogP contribution in [-0.4, -0.2) is 41.2 Å². The molecule has 0 aliphatic carbocycles. The van der Waals surface area contributed by atoms with Crippen LogP contribution in [-0.2, 0) is 20.0 Å². The molecule has 0 radical (unpaired) electrons. The van der Waals surface area contributed by atoms with Crippen LogP contribution in [0, 0.1) is 0 Å². The minimum atomic E-state index is -3.97. The van der Waals surface area contributed by atoms with Crippen molar-refractivity contribution in [1.29, 1.82) is 0 Å². The van der Waals surface area contributed by atoms with Crippen LogP contribution in [0.3, 0.4) is 0 Å². The van der Waals surface area contributed by atoms with Gasteiger partial charge in [0, 0.05) is 20.0 Å². The van der Waals surface area contributed by atoms with Gasteiger partial charge in [-0.15, -0.1) is 4.40 Å². The van der Waals surface area contributed by atoms with E-state index >= 15 is 0 Å². The molecule has 10 heteroatoms. The smallest absolute Gasteiger partial charge is 0.284 e. The zero-order valence-corrected chi connectivity index (χ0v) is 18.3. The van der Waals surface area contributed by atoms with Gasteiger partial charge in [-0.2, -0.15) is 8.42 Å². The lowest BCUT2D eigenvalue weighted by Crippen LogP contribution is -2.26. The fourth-order valence-electron chi connectivity index (χ4n) is 3.03. The maximum absolute atomic E-state index is 12.8. The van der Waals surface area contributed by atoms with Gasteiger partial charge < -0.3 is 4.90 Å². The molecule has 156 valence electrons. The summed E-state index contributed by atoms with van der Waals surface area (Å²) in [4.78, 5) is 1.69. The Balaban J connectivity index is 1.90.